The van der Waals surface area contributed by atoms with E-state index >= 15 is 0 Å². The smallest absolute Gasteiger partial charge is 0.273 e. The molecule has 0 aliphatic carbocycles. The summed E-state index contributed by atoms with van der Waals surface area (Å²) in [5.41, 5.74) is 1.32. The summed E-state index contributed by atoms with van der Waals surface area (Å²) in [7, 11) is 0. The third-order valence-electron chi connectivity index (χ3n) is 5.97. The Labute approximate surface area is 187 Å². The van der Waals surface area contributed by atoms with Crippen LogP contribution in [0.1, 0.15) is 22.7 Å². The Morgan fingerprint density at radius 1 is 0.818 bits per heavy atom. The molecule has 3 atom stereocenters. The number of halogens is 3. The average Bonchev–Trinajstić information content (AvgIpc) is 3.31. The van der Waals surface area contributed by atoms with Crippen LogP contribution in [0.25, 0.3) is 0 Å². The van der Waals surface area contributed by atoms with Gasteiger partial charge in [0.05, 0.1) is 23.0 Å². The lowest BCUT2D eigenvalue weighted by molar-refractivity contribution is -0.137. The molecule has 2 amide bonds. The maximum Gasteiger partial charge on any atom is 0.416 e. The Morgan fingerprint density at radius 3 is 2.18 bits per heavy atom. The number of benzene rings is 3. The summed E-state index contributed by atoms with van der Waals surface area (Å²) in [6, 6.07) is 19.5. The highest BCUT2D eigenvalue weighted by Crippen LogP contribution is 2.48. The number of rotatable bonds is 3. The molecule has 5 nitrogen and oxygen atoms in total. The van der Waals surface area contributed by atoms with Gasteiger partial charge < -0.3 is 0 Å². The van der Waals surface area contributed by atoms with E-state index in [9.17, 15) is 22.8 Å². The fourth-order valence-corrected chi connectivity index (χ4v) is 4.40. The fourth-order valence-electron chi connectivity index (χ4n) is 4.40. The molecule has 0 unspecified atom stereocenters. The number of imide groups is 1. The minimum atomic E-state index is -4.55. The highest BCUT2D eigenvalue weighted by molar-refractivity contribution is 6.23. The molecule has 168 valence electrons. The van der Waals surface area contributed by atoms with Gasteiger partial charge in [0, 0.05) is 0 Å². The molecule has 0 saturated carbocycles. The maximum atomic E-state index is 13.5. The lowest BCUT2D eigenvalue weighted by Crippen LogP contribution is -2.37. The Morgan fingerprint density at radius 2 is 1.52 bits per heavy atom. The van der Waals surface area contributed by atoms with Crippen molar-refractivity contribution in [2.45, 2.75) is 25.2 Å². The summed E-state index contributed by atoms with van der Waals surface area (Å²) < 4.78 is 40.3. The first kappa shape index (κ1) is 21.2. The zero-order chi connectivity index (χ0) is 23.3. The predicted octanol–water partition coefficient (Wildman–Crippen LogP) is 5.06. The van der Waals surface area contributed by atoms with Crippen molar-refractivity contribution in [3.05, 3.63) is 95.6 Å². The van der Waals surface area contributed by atoms with E-state index in [1.165, 1.54) is 17.2 Å². The van der Waals surface area contributed by atoms with Crippen LogP contribution in [0.5, 0.6) is 0 Å². The molecule has 8 heteroatoms. The lowest BCUT2D eigenvalue weighted by Gasteiger charge is -2.29. The van der Waals surface area contributed by atoms with Gasteiger partial charge in [-0.25, -0.2) is 9.96 Å². The SMILES string of the molecule is Cc1ccc(N2C(=O)[C@H]3[C@H](ON(c4ccccc4)[C@H]3c3cccc(C(F)(F)F)c3)C2=O)cc1. The van der Waals surface area contributed by atoms with E-state index in [1.807, 2.05) is 6.92 Å². The summed E-state index contributed by atoms with van der Waals surface area (Å²) >= 11 is 0. The monoisotopic (exact) mass is 452 g/mol. The molecule has 5 rings (SSSR count). The number of fused-ring (bicyclic) bond motifs is 1. The Hall–Kier alpha value is -3.65. The van der Waals surface area contributed by atoms with Gasteiger partial charge in [0.2, 0.25) is 5.91 Å². The molecule has 2 saturated heterocycles. The predicted molar refractivity (Wildman–Crippen MR) is 115 cm³/mol. The molecule has 0 bridgehead atoms. The number of para-hydroxylation sites is 1. The number of aryl methyl sites for hydroxylation is 1. The highest BCUT2D eigenvalue weighted by atomic mass is 19.4. The van der Waals surface area contributed by atoms with Crippen LogP contribution in [0.15, 0.2) is 78.9 Å². The number of anilines is 2. The lowest BCUT2D eigenvalue weighted by atomic mass is 9.89. The second-order valence-electron chi connectivity index (χ2n) is 8.13. The molecule has 2 aliphatic rings. The third kappa shape index (κ3) is 3.56. The van der Waals surface area contributed by atoms with Crippen LogP contribution in [0, 0.1) is 12.8 Å². The van der Waals surface area contributed by atoms with Gasteiger partial charge in [-0.2, -0.15) is 13.2 Å². The number of carbonyl (C=O) groups excluding carboxylic acids is 2. The molecule has 0 spiro atoms. The van der Waals surface area contributed by atoms with Crippen molar-refractivity contribution in [3.8, 4) is 0 Å². The molecular weight excluding hydrogens is 433 g/mol. The number of hydrogen-bond donors (Lipinski definition) is 0. The van der Waals surface area contributed by atoms with Crippen LogP contribution in [0.2, 0.25) is 0 Å². The van der Waals surface area contributed by atoms with Gasteiger partial charge in [-0.3, -0.25) is 14.4 Å². The van der Waals surface area contributed by atoms with Crippen molar-refractivity contribution < 1.29 is 27.6 Å². The summed E-state index contributed by atoms with van der Waals surface area (Å²) in [6.45, 7) is 1.89. The Bertz CT molecular complexity index is 1210. The summed E-state index contributed by atoms with van der Waals surface area (Å²) in [5.74, 6) is -2.04. The minimum Gasteiger partial charge on any atom is -0.273 e. The number of carbonyl (C=O) groups is 2. The van der Waals surface area contributed by atoms with E-state index in [-0.39, 0.29) is 5.56 Å². The van der Waals surface area contributed by atoms with Gasteiger partial charge in [0.25, 0.3) is 5.91 Å². The van der Waals surface area contributed by atoms with E-state index in [0.717, 1.165) is 22.6 Å². The number of hydroxylamine groups is 1. The molecule has 0 aromatic heterocycles. The quantitative estimate of drug-likeness (QED) is 0.521. The summed E-state index contributed by atoms with van der Waals surface area (Å²) in [4.78, 5) is 33.8. The maximum absolute atomic E-state index is 13.5. The van der Waals surface area contributed by atoms with Crippen LogP contribution in [0.3, 0.4) is 0 Å². The standard InChI is InChI=1S/C25H19F3N2O3/c1-15-10-12-18(13-11-15)29-23(31)20-21(16-6-5-7-17(14-16)25(26,27)28)30(33-22(20)24(29)32)19-8-3-2-4-9-19/h2-14,20-22H,1H3/t20-,21+,22+/m1/s1. The fraction of sp³-hybridized carbons (Fsp3) is 0.200. The molecule has 2 fully saturated rings. The van der Waals surface area contributed by atoms with Gasteiger partial charge >= 0.3 is 6.18 Å². The zero-order valence-corrected chi connectivity index (χ0v) is 17.5. The first-order valence-corrected chi connectivity index (χ1v) is 10.4. The molecule has 3 aromatic carbocycles. The number of nitrogens with zero attached hydrogens (tertiary/aromatic N) is 2. The summed E-state index contributed by atoms with van der Waals surface area (Å²) in [6.07, 6.45) is -5.69. The topological polar surface area (TPSA) is 49.9 Å². The highest BCUT2D eigenvalue weighted by Gasteiger charge is 2.60. The van der Waals surface area contributed by atoms with Gasteiger partial charge in [-0.05, 0) is 48.9 Å². The van der Waals surface area contributed by atoms with Crippen LogP contribution in [0.4, 0.5) is 24.5 Å². The van der Waals surface area contributed by atoms with E-state index in [2.05, 4.69) is 0 Å². The van der Waals surface area contributed by atoms with Crippen molar-refractivity contribution >= 4 is 23.2 Å². The first-order valence-electron chi connectivity index (χ1n) is 10.4. The Kier molecular flexibility index (Phi) is 4.97. The zero-order valence-electron chi connectivity index (χ0n) is 17.5. The normalized spacial score (nSPS) is 22.7. The van der Waals surface area contributed by atoms with Crippen LogP contribution >= 0.6 is 0 Å². The second-order valence-corrected chi connectivity index (χ2v) is 8.13. The van der Waals surface area contributed by atoms with Crippen LogP contribution < -0.4 is 9.96 Å². The van der Waals surface area contributed by atoms with Gasteiger partial charge in [-0.1, -0.05) is 48.0 Å². The number of amides is 2. The Balaban J connectivity index is 1.60. The molecule has 0 N–H and O–H groups in total. The van der Waals surface area contributed by atoms with E-state index in [4.69, 9.17) is 4.84 Å². The molecule has 0 radical (unpaired) electrons. The number of alkyl halides is 3. The first-order chi connectivity index (χ1) is 15.8. The minimum absolute atomic E-state index is 0.244. The van der Waals surface area contributed by atoms with Crippen molar-refractivity contribution in [3.63, 3.8) is 0 Å². The average molecular weight is 452 g/mol. The van der Waals surface area contributed by atoms with E-state index in [1.54, 1.807) is 54.6 Å². The van der Waals surface area contributed by atoms with E-state index < -0.39 is 41.6 Å². The molecule has 2 aliphatic heterocycles. The van der Waals surface area contributed by atoms with Gasteiger partial charge in [0.1, 0.15) is 5.92 Å². The third-order valence-corrected chi connectivity index (χ3v) is 5.97. The van der Waals surface area contributed by atoms with Crippen LogP contribution in [-0.2, 0) is 20.6 Å². The van der Waals surface area contributed by atoms with Crippen molar-refractivity contribution in [1.29, 1.82) is 0 Å². The molecule has 33 heavy (non-hydrogen) atoms. The van der Waals surface area contributed by atoms with Crippen LogP contribution in [-0.4, -0.2) is 17.9 Å². The van der Waals surface area contributed by atoms with Crippen molar-refractivity contribution in [2.24, 2.45) is 5.92 Å². The second kappa shape index (κ2) is 7.74. The largest absolute Gasteiger partial charge is 0.416 e. The van der Waals surface area contributed by atoms with Crippen molar-refractivity contribution in [1.82, 2.24) is 0 Å². The van der Waals surface area contributed by atoms with Gasteiger partial charge in [-0.15, -0.1) is 0 Å². The molecular formula is C25H19F3N2O3. The summed E-state index contributed by atoms with van der Waals surface area (Å²) in [5, 5.41) is 1.38. The van der Waals surface area contributed by atoms with Crippen molar-refractivity contribution in [2.75, 3.05) is 9.96 Å². The molecule has 3 aromatic rings. The molecule has 2 heterocycles. The van der Waals surface area contributed by atoms with Gasteiger partial charge in [0.15, 0.2) is 6.10 Å². The van der Waals surface area contributed by atoms with E-state index in [0.29, 0.717) is 11.4 Å². The number of hydrogen-bond acceptors (Lipinski definition) is 4.